The lowest BCUT2D eigenvalue weighted by atomic mass is 10.1. The standard InChI is InChI=1S/C7H14FN/c1-6(8)7-3-4-9(2)5-7/h6-7H,3-5H2,1-2H3. The fraction of sp³-hybridized carbons (Fsp3) is 1.00. The third-order valence-corrected chi connectivity index (χ3v) is 2.08. The average Bonchev–Trinajstić information content (AvgIpc) is 2.14. The zero-order valence-electron chi connectivity index (χ0n) is 6.10. The van der Waals surface area contributed by atoms with Gasteiger partial charge in [-0.05, 0) is 26.9 Å². The molecular formula is C7H14FN. The van der Waals surface area contributed by atoms with Gasteiger partial charge in [0.25, 0.3) is 0 Å². The lowest BCUT2D eigenvalue weighted by molar-refractivity contribution is 0.248. The highest BCUT2D eigenvalue weighted by atomic mass is 19.1. The second kappa shape index (κ2) is 2.65. The van der Waals surface area contributed by atoms with Crippen LogP contribution < -0.4 is 0 Å². The predicted octanol–water partition coefficient (Wildman–Crippen LogP) is 1.30. The molecule has 1 saturated heterocycles. The van der Waals surface area contributed by atoms with Gasteiger partial charge in [-0.1, -0.05) is 0 Å². The zero-order valence-corrected chi connectivity index (χ0v) is 6.10. The van der Waals surface area contributed by atoms with Crippen molar-refractivity contribution in [2.24, 2.45) is 5.92 Å². The maximum Gasteiger partial charge on any atom is 0.101 e. The third-order valence-electron chi connectivity index (χ3n) is 2.08. The van der Waals surface area contributed by atoms with E-state index in [-0.39, 0.29) is 0 Å². The van der Waals surface area contributed by atoms with Crippen molar-refractivity contribution >= 4 is 0 Å². The van der Waals surface area contributed by atoms with Crippen molar-refractivity contribution in [2.75, 3.05) is 20.1 Å². The maximum absolute atomic E-state index is 12.6. The van der Waals surface area contributed by atoms with Crippen molar-refractivity contribution in [3.8, 4) is 0 Å². The molecule has 0 aromatic rings. The van der Waals surface area contributed by atoms with E-state index in [1.807, 2.05) is 7.05 Å². The molecule has 0 aromatic carbocycles. The third kappa shape index (κ3) is 1.65. The Bertz CT molecular complexity index is 92.9. The Morgan fingerprint density at radius 1 is 1.67 bits per heavy atom. The first-order chi connectivity index (χ1) is 4.20. The molecule has 2 unspecified atom stereocenters. The van der Waals surface area contributed by atoms with Gasteiger partial charge in [-0.25, -0.2) is 4.39 Å². The summed E-state index contributed by atoms with van der Waals surface area (Å²) in [6.45, 7) is 3.67. The Labute approximate surface area is 55.8 Å². The van der Waals surface area contributed by atoms with Crippen LogP contribution in [0.1, 0.15) is 13.3 Å². The van der Waals surface area contributed by atoms with Crippen LogP contribution in [-0.4, -0.2) is 31.2 Å². The second-order valence-electron chi connectivity index (χ2n) is 2.99. The lowest BCUT2D eigenvalue weighted by Gasteiger charge is -2.10. The summed E-state index contributed by atoms with van der Waals surface area (Å²) in [5.74, 6) is 0.301. The Balaban J connectivity index is 2.30. The highest BCUT2D eigenvalue weighted by Gasteiger charge is 2.23. The highest BCUT2D eigenvalue weighted by Crippen LogP contribution is 2.19. The van der Waals surface area contributed by atoms with E-state index in [9.17, 15) is 4.39 Å². The van der Waals surface area contributed by atoms with Crippen LogP contribution in [0.4, 0.5) is 4.39 Å². The molecule has 0 radical (unpaired) electrons. The molecule has 0 amide bonds. The molecule has 2 heteroatoms. The van der Waals surface area contributed by atoms with Gasteiger partial charge in [0.15, 0.2) is 0 Å². The van der Waals surface area contributed by atoms with Crippen LogP contribution >= 0.6 is 0 Å². The minimum absolute atomic E-state index is 0.301. The number of nitrogens with zero attached hydrogens (tertiary/aromatic N) is 1. The van der Waals surface area contributed by atoms with Gasteiger partial charge in [0.2, 0.25) is 0 Å². The molecule has 0 bridgehead atoms. The first-order valence-electron chi connectivity index (χ1n) is 3.53. The maximum atomic E-state index is 12.6. The minimum Gasteiger partial charge on any atom is -0.306 e. The van der Waals surface area contributed by atoms with Gasteiger partial charge >= 0.3 is 0 Å². The fourth-order valence-electron chi connectivity index (χ4n) is 1.34. The molecule has 0 N–H and O–H groups in total. The number of halogens is 1. The van der Waals surface area contributed by atoms with Crippen molar-refractivity contribution in [2.45, 2.75) is 19.5 Å². The quantitative estimate of drug-likeness (QED) is 0.518. The summed E-state index contributed by atoms with van der Waals surface area (Å²) in [6.07, 6.45) is 0.420. The lowest BCUT2D eigenvalue weighted by Crippen LogP contribution is -2.18. The topological polar surface area (TPSA) is 3.24 Å². The number of hydrogen-bond acceptors (Lipinski definition) is 1. The number of hydrogen-bond donors (Lipinski definition) is 0. The summed E-state index contributed by atoms with van der Waals surface area (Å²) in [4.78, 5) is 2.18. The van der Waals surface area contributed by atoms with Crippen molar-refractivity contribution in [1.82, 2.24) is 4.90 Å². The Kier molecular flexibility index (Phi) is 2.06. The van der Waals surface area contributed by atoms with E-state index in [2.05, 4.69) is 4.90 Å². The molecule has 9 heavy (non-hydrogen) atoms. The first-order valence-corrected chi connectivity index (χ1v) is 3.53. The smallest absolute Gasteiger partial charge is 0.101 e. The molecule has 54 valence electrons. The Morgan fingerprint density at radius 3 is 2.56 bits per heavy atom. The molecule has 1 heterocycles. The van der Waals surface area contributed by atoms with Crippen LogP contribution in [0.3, 0.4) is 0 Å². The number of likely N-dealkylation sites (tertiary alicyclic amines) is 1. The van der Waals surface area contributed by atoms with Gasteiger partial charge in [-0.15, -0.1) is 0 Å². The van der Waals surface area contributed by atoms with Gasteiger partial charge in [0, 0.05) is 12.5 Å². The molecule has 0 saturated carbocycles. The molecule has 1 aliphatic rings. The summed E-state index contributed by atoms with van der Waals surface area (Å²) in [6, 6.07) is 0. The van der Waals surface area contributed by atoms with Crippen molar-refractivity contribution < 1.29 is 4.39 Å². The van der Waals surface area contributed by atoms with Gasteiger partial charge < -0.3 is 4.90 Å². The summed E-state index contributed by atoms with van der Waals surface area (Å²) < 4.78 is 12.6. The van der Waals surface area contributed by atoms with Crippen LogP contribution in [0.15, 0.2) is 0 Å². The van der Waals surface area contributed by atoms with Crippen LogP contribution in [0, 0.1) is 5.92 Å². The van der Waals surface area contributed by atoms with E-state index in [1.54, 1.807) is 6.92 Å². The zero-order chi connectivity index (χ0) is 6.85. The molecule has 1 fully saturated rings. The molecule has 1 aliphatic heterocycles. The average molecular weight is 131 g/mol. The minimum atomic E-state index is -0.616. The van der Waals surface area contributed by atoms with E-state index in [4.69, 9.17) is 0 Å². The van der Waals surface area contributed by atoms with E-state index >= 15 is 0 Å². The normalized spacial score (nSPS) is 33.0. The Morgan fingerprint density at radius 2 is 2.33 bits per heavy atom. The van der Waals surface area contributed by atoms with Crippen molar-refractivity contribution in [3.05, 3.63) is 0 Å². The van der Waals surface area contributed by atoms with Crippen molar-refractivity contribution in [1.29, 1.82) is 0 Å². The summed E-state index contributed by atoms with van der Waals surface area (Å²) >= 11 is 0. The van der Waals surface area contributed by atoms with E-state index in [0.717, 1.165) is 19.5 Å². The number of alkyl halides is 1. The fourth-order valence-corrected chi connectivity index (χ4v) is 1.34. The van der Waals surface area contributed by atoms with E-state index in [0.29, 0.717) is 5.92 Å². The second-order valence-corrected chi connectivity index (χ2v) is 2.99. The highest BCUT2D eigenvalue weighted by molar-refractivity contribution is 4.76. The van der Waals surface area contributed by atoms with Gasteiger partial charge in [0.05, 0.1) is 0 Å². The molecule has 0 spiro atoms. The first kappa shape index (κ1) is 7.00. The SMILES string of the molecule is CC(F)C1CCN(C)C1. The van der Waals surface area contributed by atoms with E-state index < -0.39 is 6.17 Å². The summed E-state index contributed by atoms with van der Waals surface area (Å²) in [7, 11) is 2.04. The van der Waals surface area contributed by atoms with Crippen LogP contribution in [0.2, 0.25) is 0 Å². The van der Waals surface area contributed by atoms with Gasteiger partial charge in [0.1, 0.15) is 6.17 Å². The van der Waals surface area contributed by atoms with Crippen molar-refractivity contribution in [3.63, 3.8) is 0 Å². The monoisotopic (exact) mass is 131 g/mol. The molecule has 0 aromatic heterocycles. The molecule has 0 aliphatic carbocycles. The Hall–Kier alpha value is -0.110. The molecule has 2 atom stereocenters. The van der Waals surface area contributed by atoms with Crippen LogP contribution in [0.25, 0.3) is 0 Å². The van der Waals surface area contributed by atoms with Gasteiger partial charge in [-0.2, -0.15) is 0 Å². The van der Waals surface area contributed by atoms with Crippen LogP contribution in [0.5, 0.6) is 0 Å². The van der Waals surface area contributed by atoms with E-state index in [1.165, 1.54) is 0 Å². The number of rotatable bonds is 1. The van der Waals surface area contributed by atoms with Crippen LogP contribution in [-0.2, 0) is 0 Å². The summed E-state index contributed by atoms with van der Waals surface area (Å²) in [5.41, 5.74) is 0. The largest absolute Gasteiger partial charge is 0.306 e. The molecule has 1 nitrogen and oxygen atoms in total. The molecule has 1 rings (SSSR count). The van der Waals surface area contributed by atoms with Gasteiger partial charge in [-0.3, -0.25) is 0 Å². The summed E-state index contributed by atoms with van der Waals surface area (Å²) in [5, 5.41) is 0. The predicted molar refractivity (Wildman–Crippen MR) is 36.2 cm³/mol. The molecular weight excluding hydrogens is 117 g/mol.